The van der Waals surface area contributed by atoms with Gasteiger partial charge in [-0.05, 0) is 57.2 Å². The number of ether oxygens (including phenoxy) is 2. The number of para-hydroxylation sites is 1. The molecule has 130 valence electrons. The number of allylic oxidation sites excluding steroid dienone is 1. The van der Waals surface area contributed by atoms with Crippen LogP contribution >= 0.6 is 0 Å². The van der Waals surface area contributed by atoms with Gasteiger partial charge in [-0.2, -0.15) is 0 Å². The molecule has 5 nitrogen and oxygen atoms in total. The smallest absolute Gasteiger partial charge is 0.331 e. The molecule has 0 saturated carbocycles. The Balaban J connectivity index is 1.90. The van der Waals surface area contributed by atoms with E-state index in [1.807, 2.05) is 30.3 Å². The van der Waals surface area contributed by atoms with Crippen LogP contribution in [0.1, 0.15) is 20.8 Å². The van der Waals surface area contributed by atoms with E-state index in [4.69, 9.17) is 9.47 Å². The number of hydrogen-bond donors (Lipinski definition) is 1. The average Bonchev–Trinajstić information content (AvgIpc) is 2.56. The first-order chi connectivity index (χ1) is 11.9. The molecule has 0 saturated heterocycles. The van der Waals surface area contributed by atoms with Crippen molar-refractivity contribution in [3.63, 3.8) is 0 Å². The van der Waals surface area contributed by atoms with Crippen LogP contribution in [0.3, 0.4) is 0 Å². The van der Waals surface area contributed by atoms with Gasteiger partial charge in [-0.1, -0.05) is 23.8 Å². The fraction of sp³-hybridized carbons (Fsp3) is 0.200. The largest absolute Gasteiger partial charge is 0.457 e. The maximum absolute atomic E-state index is 12.1. The van der Waals surface area contributed by atoms with E-state index in [2.05, 4.69) is 5.32 Å². The number of carbonyl (C=O) groups excluding carboxylic acids is 2. The van der Waals surface area contributed by atoms with Gasteiger partial charge in [0.2, 0.25) is 0 Å². The Labute approximate surface area is 147 Å². The number of amides is 1. The summed E-state index contributed by atoms with van der Waals surface area (Å²) in [6.07, 6.45) is 0.461. The number of rotatable bonds is 6. The Morgan fingerprint density at radius 3 is 2.16 bits per heavy atom. The first-order valence-electron chi connectivity index (χ1n) is 7.93. The van der Waals surface area contributed by atoms with E-state index in [-0.39, 0.29) is 0 Å². The van der Waals surface area contributed by atoms with Crippen molar-refractivity contribution < 1.29 is 19.1 Å². The molecule has 2 aromatic carbocycles. The SMILES string of the molecule is CC(C)=CC(=O)O[C@H](C)C(=O)Nc1ccc(Oc2ccccc2)cc1. The highest BCUT2D eigenvalue weighted by Gasteiger charge is 2.16. The van der Waals surface area contributed by atoms with Gasteiger partial charge in [0, 0.05) is 11.8 Å². The van der Waals surface area contributed by atoms with Gasteiger partial charge in [0.25, 0.3) is 5.91 Å². The standard InChI is InChI=1S/C20H21NO4/c1-14(2)13-19(22)24-15(3)20(23)21-16-9-11-18(12-10-16)25-17-7-5-4-6-8-17/h4-13,15H,1-3H3,(H,21,23)/t15-/m1/s1. The van der Waals surface area contributed by atoms with Crippen LogP contribution in [0.15, 0.2) is 66.2 Å². The highest BCUT2D eigenvalue weighted by atomic mass is 16.5. The van der Waals surface area contributed by atoms with Gasteiger partial charge in [0.05, 0.1) is 0 Å². The van der Waals surface area contributed by atoms with Gasteiger partial charge < -0.3 is 14.8 Å². The quantitative estimate of drug-likeness (QED) is 0.629. The molecule has 2 rings (SSSR count). The van der Waals surface area contributed by atoms with Crippen LogP contribution in [0.25, 0.3) is 0 Å². The van der Waals surface area contributed by atoms with Crippen molar-refractivity contribution in [1.29, 1.82) is 0 Å². The van der Waals surface area contributed by atoms with E-state index < -0.39 is 18.0 Å². The summed E-state index contributed by atoms with van der Waals surface area (Å²) in [6, 6.07) is 16.4. The van der Waals surface area contributed by atoms with Crippen molar-refractivity contribution in [1.82, 2.24) is 0 Å². The van der Waals surface area contributed by atoms with Crippen LogP contribution in [0.5, 0.6) is 11.5 Å². The number of carbonyl (C=O) groups is 2. The molecule has 0 aliphatic rings. The zero-order chi connectivity index (χ0) is 18.2. The molecular formula is C20H21NO4. The van der Waals surface area contributed by atoms with Crippen molar-refractivity contribution in [2.24, 2.45) is 0 Å². The Kier molecular flexibility index (Phi) is 6.34. The van der Waals surface area contributed by atoms with E-state index in [9.17, 15) is 9.59 Å². The Hall–Kier alpha value is -3.08. The second kappa shape index (κ2) is 8.68. The fourth-order valence-electron chi connectivity index (χ4n) is 1.97. The maximum Gasteiger partial charge on any atom is 0.331 e. The summed E-state index contributed by atoms with van der Waals surface area (Å²) in [6.45, 7) is 5.09. The van der Waals surface area contributed by atoms with Crippen molar-refractivity contribution in [2.75, 3.05) is 5.32 Å². The van der Waals surface area contributed by atoms with Crippen LogP contribution in [0.4, 0.5) is 5.69 Å². The van der Waals surface area contributed by atoms with Crippen LogP contribution < -0.4 is 10.1 Å². The fourth-order valence-corrected chi connectivity index (χ4v) is 1.97. The number of hydrogen-bond acceptors (Lipinski definition) is 4. The second-order valence-corrected chi connectivity index (χ2v) is 5.73. The monoisotopic (exact) mass is 339 g/mol. The first-order valence-corrected chi connectivity index (χ1v) is 7.93. The minimum Gasteiger partial charge on any atom is -0.457 e. The third-order valence-electron chi connectivity index (χ3n) is 3.17. The lowest BCUT2D eigenvalue weighted by molar-refractivity contribution is -0.148. The minimum atomic E-state index is -0.886. The van der Waals surface area contributed by atoms with Gasteiger partial charge >= 0.3 is 5.97 Å². The molecule has 1 atom stereocenters. The molecule has 0 spiro atoms. The van der Waals surface area contributed by atoms with Crippen molar-refractivity contribution in [3.05, 3.63) is 66.2 Å². The summed E-state index contributed by atoms with van der Waals surface area (Å²) in [5.74, 6) is 0.466. The molecule has 0 radical (unpaired) electrons. The lowest BCUT2D eigenvalue weighted by atomic mass is 10.2. The molecule has 25 heavy (non-hydrogen) atoms. The highest BCUT2D eigenvalue weighted by Crippen LogP contribution is 2.22. The minimum absolute atomic E-state index is 0.396. The number of esters is 1. The van der Waals surface area contributed by atoms with Gasteiger partial charge in [-0.25, -0.2) is 4.79 Å². The molecule has 0 unspecified atom stereocenters. The van der Waals surface area contributed by atoms with E-state index in [1.165, 1.54) is 13.0 Å². The lowest BCUT2D eigenvalue weighted by Crippen LogP contribution is -2.29. The molecule has 2 aromatic rings. The van der Waals surface area contributed by atoms with Gasteiger partial charge in [-0.3, -0.25) is 4.79 Å². The summed E-state index contributed by atoms with van der Waals surface area (Å²) >= 11 is 0. The summed E-state index contributed by atoms with van der Waals surface area (Å²) in [7, 11) is 0. The molecule has 0 aliphatic carbocycles. The van der Waals surface area contributed by atoms with Crippen LogP contribution in [-0.4, -0.2) is 18.0 Å². The number of anilines is 1. The molecule has 0 aromatic heterocycles. The Morgan fingerprint density at radius 1 is 0.960 bits per heavy atom. The molecule has 1 N–H and O–H groups in total. The first kappa shape index (κ1) is 18.3. The summed E-state index contributed by atoms with van der Waals surface area (Å²) in [5.41, 5.74) is 1.40. The highest BCUT2D eigenvalue weighted by molar-refractivity contribution is 5.96. The molecule has 0 aliphatic heterocycles. The van der Waals surface area contributed by atoms with E-state index in [0.717, 1.165) is 11.3 Å². The second-order valence-electron chi connectivity index (χ2n) is 5.73. The van der Waals surface area contributed by atoms with Crippen molar-refractivity contribution in [3.8, 4) is 11.5 Å². The summed E-state index contributed by atoms with van der Waals surface area (Å²) in [4.78, 5) is 23.6. The zero-order valence-corrected chi connectivity index (χ0v) is 14.5. The van der Waals surface area contributed by atoms with Gasteiger partial charge in [0.15, 0.2) is 6.10 Å². The van der Waals surface area contributed by atoms with Crippen molar-refractivity contribution in [2.45, 2.75) is 26.9 Å². The van der Waals surface area contributed by atoms with Crippen molar-refractivity contribution >= 4 is 17.6 Å². The van der Waals surface area contributed by atoms with Gasteiger partial charge in [-0.15, -0.1) is 0 Å². The molecule has 5 heteroatoms. The number of nitrogens with one attached hydrogen (secondary N) is 1. The van der Waals surface area contributed by atoms with Crippen LogP contribution in [-0.2, 0) is 14.3 Å². The van der Waals surface area contributed by atoms with Gasteiger partial charge in [0.1, 0.15) is 11.5 Å². The Bertz CT molecular complexity index is 747. The Morgan fingerprint density at radius 2 is 1.56 bits per heavy atom. The van der Waals surface area contributed by atoms with Crippen LogP contribution in [0.2, 0.25) is 0 Å². The molecule has 0 heterocycles. The third-order valence-corrected chi connectivity index (χ3v) is 3.17. The average molecular weight is 339 g/mol. The number of benzene rings is 2. The van der Waals surface area contributed by atoms with E-state index in [1.54, 1.807) is 38.1 Å². The lowest BCUT2D eigenvalue weighted by Gasteiger charge is -2.13. The zero-order valence-electron chi connectivity index (χ0n) is 14.5. The third kappa shape index (κ3) is 6.14. The normalized spacial score (nSPS) is 11.2. The summed E-state index contributed by atoms with van der Waals surface area (Å²) in [5, 5.41) is 2.70. The molecule has 1 amide bonds. The summed E-state index contributed by atoms with van der Waals surface area (Å²) < 4.78 is 10.7. The predicted octanol–water partition coefficient (Wildman–Crippen LogP) is 4.32. The molecular weight excluding hydrogens is 318 g/mol. The molecule has 0 fully saturated rings. The predicted molar refractivity (Wildman–Crippen MR) is 96.6 cm³/mol. The van der Waals surface area contributed by atoms with E-state index >= 15 is 0 Å². The van der Waals surface area contributed by atoms with Crippen LogP contribution in [0, 0.1) is 0 Å². The molecule has 0 bridgehead atoms. The maximum atomic E-state index is 12.1. The topological polar surface area (TPSA) is 64.6 Å². The van der Waals surface area contributed by atoms with E-state index in [0.29, 0.717) is 11.4 Å².